The van der Waals surface area contributed by atoms with E-state index in [-0.39, 0.29) is 37.7 Å². The monoisotopic (exact) mass is 522 g/mol. The zero-order chi connectivity index (χ0) is 27.2. The number of aromatic nitrogens is 8. The molecule has 0 aromatic carbocycles. The van der Waals surface area contributed by atoms with Gasteiger partial charge in [-0.2, -0.15) is 10.2 Å². The molecule has 2 rings (SSSR count). The summed E-state index contributed by atoms with van der Waals surface area (Å²) in [5.74, 6) is -1.76. The molecule has 2 heterocycles. The highest BCUT2D eigenvalue weighted by Crippen LogP contribution is 2.07. The minimum atomic E-state index is -0.760. The quantitative estimate of drug-likeness (QED) is 0.127. The fourth-order valence-electron chi connectivity index (χ4n) is 2.76. The number of rotatable bonds is 16. The molecular weight excluding hydrogens is 496 g/mol. The summed E-state index contributed by atoms with van der Waals surface area (Å²) in [5, 5.41) is 49.6. The van der Waals surface area contributed by atoms with E-state index in [4.69, 9.17) is 0 Å². The van der Waals surface area contributed by atoms with Crippen LogP contribution >= 0.6 is 0 Å². The number of hydrogen-bond donors (Lipinski definition) is 2. The Morgan fingerprint density at radius 2 is 1.14 bits per heavy atom. The van der Waals surface area contributed by atoms with Gasteiger partial charge in [0.15, 0.2) is 0 Å². The smallest absolute Gasteiger partial charge is 0.390 e. The highest BCUT2D eigenvalue weighted by molar-refractivity contribution is 5.84. The predicted octanol–water partition coefficient (Wildman–Crippen LogP) is -0.109. The molecule has 0 aliphatic heterocycles. The van der Waals surface area contributed by atoms with Crippen LogP contribution in [0.25, 0.3) is 0 Å². The van der Waals surface area contributed by atoms with Crippen LogP contribution in [-0.4, -0.2) is 73.5 Å². The molecule has 0 radical (unpaired) electrons. The second-order valence-electron chi connectivity index (χ2n) is 7.79. The number of tetrazole rings is 2. The topological polar surface area (TPSA) is 256 Å². The Labute approximate surface area is 208 Å². The lowest BCUT2D eigenvalue weighted by Gasteiger charge is -2.03. The van der Waals surface area contributed by atoms with Gasteiger partial charge in [-0.1, -0.05) is 28.9 Å². The lowest BCUT2D eigenvalue weighted by molar-refractivity contribution is -0.394. The maximum Gasteiger partial charge on any atom is 0.514 e. The first-order valence-electron chi connectivity index (χ1n) is 11.1. The van der Waals surface area contributed by atoms with Gasteiger partial charge in [0.25, 0.3) is 0 Å². The maximum atomic E-state index is 11.9. The van der Waals surface area contributed by atoms with Gasteiger partial charge in [0.1, 0.15) is 13.1 Å². The molecule has 0 bridgehead atoms. The van der Waals surface area contributed by atoms with Crippen molar-refractivity contribution in [1.82, 2.24) is 51.3 Å². The molecule has 200 valence electrons. The molecule has 0 saturated carbocycles. The van der Waals surface area contributed by atoms with E-state index in [0.29, 0.717) is 24.3 Å². The Morgan fingerprint density at radius 1 is 0.757 bits per heavy atom. The lowest BCUT2D eigenvalue weighted by Crippen LogP contribution is -2.21. The van der Waals surface area contributed by atoms with E-state index in [0.717, 1.165) is 28.9 Å². The van der Waals surface area contributed by atoms with Gasteiger partial charge in [0.2, 0.25) is 11.8 Å². The van der Waals surface area contributed by atoms with Gasteiger partial charge in [-0.15, -0.1) is 0 Å². The van der Waals surface area contributed by atoms with E-state index in [1.807, 2.05) is 0 Å². The van der Waals surface area contributed by atoms with Gasteiger partial charge < -0.3 is 20.2 Å². The summed E-state index contributed by atoms with van der Waals surface area (Å²) in [4.78, 5) is 45.3. The van der Waals surface area contributed by atoms with Crippen molar-refractivity contribution in [2.45, 2.75) is 71.9 Å². The summed E-state index contributed by atoms with van der Waals surface area (Å²) in [6.45, 7) is 3.31. The van der Waals surface area contributed by atoms with Crippen molar-refractivity contribution in [2.75, 3.05) is 0 Å². The van der Waals surface area contributed by atoms with Crippen LogP contribution in [0.4, 0.5) is 11.9 Å². The standard InChI is InChI=1S/C17H26N14O6/c1-12(10-28-24-16(22-26-28)30(34)35)18-20-14(32)8-6-4-3-5-7-9-15(33)21-19-13(2)11-29-25-17(23-27-29)31(36)37/h3-11H2,1-2H3,(H,20,32)(H,21,33). The fraction of sp³-hybridized carbons (Fsp3) is 0.647. The van der Waals surface area contributed by atoms with E-state index in [9.17, 15) is 29.8 Å². The van der Waals surface area contributed by atoms with Gasteiger partial charge in [0.05, 0.1) is 31.8 Å². The largest absolute Gasteiger partial charge is 0.514 e. The summed E-state index contributed by atoms with van der Waals surface area (Å²) in [6, 6.07) is 0. The van der Waals surface area contributed by atoms with Gasteiger partial charge in [-0.05, 0) is 36.5 Å². The Balaban J connectivity index is 1.51. The zero-order valence-corrected chi connectivity index (χ0v) is 20.2. The van der Waals surface area contributed by atoms with Crippen LogP contribution in [0, 0.1) is 20.2 Å². The number of hydrogen-bond acceptors (Lipinski definition) is 14. The summed E-state index contributed by atoms with van der Waals surface area (Å²) in [7, 11) is 0. The second-order valence-corrected chi connectivity index (χ2v) is 7.79. The van der Waals surface area contributed by atoms with Gasteiger partial charge in [-0.3, -0.25) is 9.59 Å². The second kappa shape index (κ2) is 14.6. The molecule has 20 heteroatoms. The lowest BCUT2D eigenvalue weighted by atomic mass is 10.1. The molecule has 2 aromatic rings. The van der Waals surface area contributed by atoms with Crippen molar-refractivity contribution in [2.24, 2.45) is 10.2 Å². The SMILES string of the molecule is CC(Cn1nnc([N+](=O)[O-])n1)=NNC(=O)CCCCCCCC(=O)NN=C(C)Cn1nnc([N+](=O)[O-])n1. The average Bonchev–Trinajstić information content (AvgIpc) is 3.51. The zero-order valence-electron chi connectivity index (χ0n) is 20.2. The van der Waals surface area contributed by atoms with Crippen molar-refractivity contribution < 1.29 is 19.4 Å². The minimum Gasteiger partial charge on any atom is -0.390 e. The molecule has 0 atom stereocenters. The van der Waals surface area contributed by atoms with E-state index < -0.39 is 21.7 Å². The highest BCUT2D eigenvalue weighted by atomic mass is 16.6. The number of carbonyl (C=O) groups excluding carboxylic acids is 2. The van der Waals surface area contributed by atoms with Gasteiger partial charge in [-0.25, -0.2) is 10.9 Å². The Kier molecular flexibility index (Phi) is 11.2. The first-order chi connectivity index (χ1) is 17.6. The Bertz CT molecular complexity index is 1070. The molecule has 2 amide bonds. The van der Waals surface area contributed by atoms with E-state index in [1.165, 1.54) is 0 Å². The molecule has 0 saturated heterocycles. The van der Waals surface area contributed by atoms with Crippen LogP contribution in [0.15, 0.2) is 10.2 Å². The maximum absolute atomic E-state index is 11.9. The van der Waals surface area contributed by atoms with E-state index >= 15 is 0 Å². The number of carbonyl (C=O) groups is 2. The summed E-state index contributed by atoms with van der Waals surface area (Å²) < 4.78 is 0. The molecule has 0 aliphatic carbocycles. The third-order valence-electron chi connectivity index (χ3n) is 4.50. The molecule has 0 unspecified atom stereocenters. The normalized spacial score (nSPS) is 11.8. The molecule has 2 aromatic heterocycles. The summed E-state index contributed by atoms with van der Waals surface area (Å²) in [5.41, 5.74) is 5.71. The Hall–Kier alpha value is -4.78. The van der Waals surface area contributed by atoms with Crippen molar-refractivity contribution in [3.63, 3.8) is 0 Å². The van der Waals surface area contributed by atoms with Crippen LogP contribution in [0.2, 0.25) is 0 Å². The third-order valence-corrected chi connectivity index (χ3v) is 4.50. The number of nitrogens with one attached hydrogen (secondary N) is 2. The van der Waals surface area contributed by atoms with Gasteiger partial charge in [0, 0.05) is 23.3 Å². The molecule has 2 N–H and O–H groups in total. The molecule has 0 fully saturated rings. The van der Waals surface area contributed by atoms with E-state index in [1.54, 1.807) is 13.8 Å². The average molecular weight is 522 g/mol. The number of amides is 2. The number of unbranched alkanes of at least 4 members (excludes halogenated alkanes) is 4. The van der Waals surface area contributed by atoms with Crippen molar-refractivity contribution >= 4 is 35.1 Å². The Morgan fingerprint density at radius 3 is 1.49 bits per heavy atom. The molecular formula is C17H26N14O6. The van der Waals surface area contributed by atoms with Crippen molar-refractivity contribution in [3.8, 4) is 0 Å². The van der Waals surface area contributed by atoms with Crippen molar-refractivity contribution in [1.29, 1.82) is 0 Å². The fourth-order valence-corrected chi connectivity index (χ4v) is 2.76. The van der Waals surface area contributed by atoms with Crippen LogP contribution in [-0.2, 0) is 22.7 Å². The predicted molar refractivity (Wildman–Crippen MR) is 124 cm³/mol. The highest BCUT2D eigenvalue weighted by Gasteiger charge is 2.16. The van der Waals surface area contributed by atoms with Crippen LogP contribution < -0.4 is 10.9 Å². The number of hydrazone groups is 2. The van der Waals surface area contributed by atoms with Crippen LogP contribution in [0.5, 0.6) is 0 Å². The van der Waals surface area contributed by atoms with Crippen LogP contribution in [0.1, 0.15) is 58.8 Å². The summed E-state index contributed by atoms with van der Waals surface area (Å²) >= 11 is 0. The van der Waals surface area contributed by atoms with Gasteiger partial charge >= 0.3 is 11.9 Å². The first kappa shape index (κ1) is 28.5. The van der Waals surface area contributed by atoms with Crippen LogP contribution in [0.3, 0.4) is 0 Å². The molecule has 0 spiro atoms. The summed E-state index contributed by atoms with van der Waals surface area (Å²) in [6.07, 6.45) is 4.32. The number of nitro groups is 2. The molecule has 0 aliphatic rings. The first-order valence-corrected chi connectivity index (χ1v) is 11.1. The third kappa shape index (κ3) is 11.0. The van der Waals surface area contributed by atoms with E-state index in [2.05, 4.69) is 51.9 Å². The van der Waals surface area contributed by atoms with Crippen molar-refractivity contribution in [3.05, 3.63) is 20.2 Å². The molecule has 20 nitrogen and oxygen atoms in total. The number of nitrogens with zero attached hydrogens (tertiary/aromatic N) is 12. The molecule has 37 heavy (non-hydrogen) atoms. The minimum absolute atomic E-state index is 0.0450.